The van der Waals surface area contributed by atoms with Crippen LogP contribution in [0.1, 0.15) is 32.6 Å². The van der Waals surface area contributed by atoms with Gasteiger partial charge in [0.15, 0.2) is 0 Å². The van der Waals surface area contributed by atoms with Gasteiger partial charge < -0.3 is 4.74 Å². The maximum atomic E-state index is 11.9. The van der Waals surface area contributed by atoms with Gasteiger partial charge in [-0.1, -0.05) is 13.3 Å². The van der Waals surface area contributed by atoms with Crippen LogP contribution in [0.15, 0.2) is 0 Å². The van der Waals surface area contributed by atoms with Gasteiger partial charge in [0, 0.05) is 26.8 Å². The third-order valence-electron chi connectivity index (χ3n) is 3.09. The van der Waals surface area contributed by atoms with E-state index in [0.29, 0.717) is 12.5 Å². The molecule has 16 heavy (non-hydrogen) atoms. The highest BCUT2D eigenvalue weighted by molar-refractivity contribution is 7.89. The van der Waals surface area contributed by atoms with E-state index in [0.717, 1.165) is 38.9 Å². The monoisotopic (exact) mass is 249 g/mol. The summed E-state index contributed by atoms with van der Waals surface area (Å²) in [7, 11) is -1.33. The lowest BCUT2D eigenvalue weighted by atomic mass is 10.0. The van der Waals surface area contributed by atoms with Crippen molar-refractivity contribution in [3.05, 3.63) is 0 Å². The molecule has 1 aliphatic rings. The fourth-order valence-electron chi connectivity index (χ4n) is 1.89. The molecule has 0 aliphatic carbocycles. The second-order valence-corrected chi connectivity index (χ2v) is 6.70. The molecule has 96 valence electrons. The summed E-state index contributed by atoms with van der Waals surface area (Å²) in [6, 6.07) is 0. The SMILES string of the molecule is CCCCS(=O)(=O)N(C)CC1CCOCC1. The lowest BCUT2D eigenvalue weighted by molar-refractivity contribution is 0.0620. The Morgan fingerprint density at radius 2 is 1.94 bits per heavy atom. The summed E-state index contributed by atoms with van der Waals surface area (Å²) < 4.78 is 30.5. The molecule has 1 heterocycles. The molecule has 0 spiro atoms. The molecule has 5 heteroatoms. The van der Waals surface area contributed by atoms with Gasteiger partial charge in [-0.25, -0.2) is 12.7 Å². The molecule has 0 unspecified atom stereocenters. The second kappa shape index (κ2) is 6.57. The van der Waals surface area contributed by atoms with Crippen molar-refractivity contribution in [2.45, 2.75) is 32.6 Å². The van der Waals surface area contributed by atoms with Crippen LogP contribution in [0.4, 0.5) is 0 Å². The third-order valence-corrected chi connectivity index (χ3v) is 4.99. The number of hydrogen-bond donors (Lipinski definition) is 0. The molecule has 1 saturated heterocycles. The quantitative estimate of drug-likeness (QED) is 0.716. The molecule has 0 saturated carbocycles. The molecule has 0 N–H and O–H groups in total. The van der Waals surface area contributed by atoms with Gasteiger partial charge in [-0.2, -0.15) is 0 Å². The highest BCUT2D eigenvalue weighted by Crippen LogP contribution is 2.17. The van der Waals surface area contributed by atoms with Gasteiger partial charge in [0.25, 0.3) is 0 Å². The Labute approximate surface area is 99.0 Å². The van der Waals surface area contributed by atoms with E-state index in [1.54, 1.807) is 7.05 Å². The van der Waals surface area contributed by atoms with Gasteiger partial charge in [0.05, 0.1) is 5.75 Å². The van der Waals surface area contributed by atoms with Gasteiger partial charge in [-0.05, 0) is 25.2 Å². The predicted octanol–water partition coefficient (Wildman–Crippen LogP) is 1.47. The van der Waals surface area contributed by atoms with E-state index in [1.165, 1.54) is 4.31 Å². The Balaban J connectivity index is 2.40. The van der Waals surface area contributed by atoms with Gasteiger partial charge in [-0.15, -0.1) is 0 Å². The zero-order valence-corrected chi connectivity index (χ0v) is 11.1. The van der Waals surface area contributed by atoms with E-state index in [-0.39, 0.29) is 5.75 Å². The van der Waals surface area contributed by atoms with Crippen LogP contribution < -0.4 is 0 Å². The van der Waals surface area contributed by atoms with Crippen LogP contribution in [-0.2, 0) is 14.8 Å². The highest BCUT2D eigenvalue weighted by Gasteiger charge is 2.22. The highest BCUT2D eigenvalue weighted by atomic mass is 32.2. The van der Waals surface area contributed by atoms with E-state index < -0.39 is 10.0 Å². The first kappa shape index (κ1) is 13.9. The van der Waals surface area contributed by atoms with Crippen LogP contribution in [0.25, 0.3) is 0 Å². The van der Waals surface area contributed by atoms with Crippen molar-refractivity contribution in [2.75, 3.05) is 32.6 Å². The number of hydrogen-bond acceptors (Lipinski definition) is 3. The van der Waals surface area contributed by atoms with Crippen molar-refractivity contribution in [1.29, 1.82) is 0 Å². The number of unbranched alkanes of at least 4 members (excludes halogenated alkanes) is 1. The topological polar surface area (TPSA) is 46.6 Å². The first-order chi connectivity index (χ1) is 7.56. The van der Waals surface area contributed by atoms with Crippen LogP contribution in [0.5, 0.6) is 0 Å². The van der Waals surface area contributed by atoms with E-state index in [1.807, 2.05) is 6.92 Å². The summed E-state index contributed by atoms with van der Waals surface area (Å²) in [5.41, 5.74) is 0. The normalized spacial score (nSPS) is 19.2. The minimum Gasteiger partial charge on any atom is -0.381 e. The van der Waals surface area contributed by atoms with E-state index in [9.17, 15) is 8.42 Å². The Morgan fingerprint density at radius 3 is 2.50 bits per heavy atom. The van der Waals surface area contributed by atoms with Crippen LogP contribution in [-0.4, -0.2) is 45.3 Å². The smallest absolute Gasteiger partial charge is 0.213 e. The average molecular weight is 249 g/mol. The largest absolute Gasteiger partial charge is 0.381 e. The molecule has 0 radical (unpaired) electrons. The summed E-state index contributed by atoms with van der Waals surface area (Å²) in [5, 5.41) is 0. The molecule has 0 aromatic rings. The summed E-state index contributed by atoms with van der Waals surface area (Å²) in [5.74, 6) is 0.749. The minimum atomic E-state index is -3.03. The predicted molar refractivity (Wildman–Crippen MR) is 64.9 cm³/mol. The second-order valence-electron chi connectivity index (χ2n) is 4.51. The standard InChI is InChI=1S/C11H23NO3S/c1-3-4-9-16(13,14)12(2)10-11-5-7-15-8-6-11/h11H,3-10H2,1-2H3. The van der Waals surface area contributed by atoms with Crippen molar-refractivity contribution >= 4 is 10.0 Å². The molecule has 0 amide bonds. The molecule has 1 fully saturated rings. The van der Waals surface area contributed by atoms with Gasteiger partial charge in [0.2, 0.25) is 10.0 Å². The molecule has 1 aliphatic heterocycles. The van der Waals surface area contributed by atoms with Crippen molar-refractivity contribution in [2.24, 2.45) is 5.92 Å². The van der Waals surface area contributed by atoms with Gasteiger partial charge >= 0.3 is 0 Å². The molecule has 4 nitrogen and oxygen atoms in total. The van der Waals surface area contributed by atoms with Crippen molar-refractivity contribution < 1.29 is 13.2 Å². The first-order valence-electron chi connectivity index (χ1n) is 6.08. The van der Waals surface area contributed by atoms with Crippen LogP contribution in [0.3, 0.4) is 0 Å². The number of rotatable bonds is 6. The summed E-state index contributed by atoms with van der Waals surface area (Å²) in [6.45, 7) is 4.20. The fraction of sp³-hybridized carbons (Fsp3) is 1.00. The molecular formula is C11H23NO3S. The molecule has 1 rings (SSSR count). The summed E-state index contributed by atoms with van der Waals surface area (Å²) in [4.78, 5) is 0. The first-order valence-corrected chi connectivity index (χ1v) is 7.69. The zero-order chi connectivity index (χ0) is 12.0. The fourth-order valence-corrected chi connectivity index (χ4v) is 3.29. The molecule has 0 aromatic heterocycles. The van der Waals surface area contributed by atoms with Crippen LogP contribution in [0, 0.1) is 5.92 Å². The van der Waals surface area contributed by atoms with Crippen LogP contribution >= 0.6 is 0 Å². The summed E-state index contributed by atoms with van der Waals surface area (Å²) >= 11 is 0. The summed E-state index contributed by atoms with van der Waals surface area (Å²) in [6.07, 6.45) is 3.63. The lowest BCUT2D eigenvalue weighted by Crippen LogP contribution is -2.35. The maximum Gasteiger partial charge on any atom is 0.213 e. The molecule has 0 atom stereocenters. The van der Waals surface area contributed by atoms with E-state index >= 15 is 0 Å². The van der Waals surface area contributed by atoms with E-state index in [4.69, 9.17) is 4.74 Å². The number of nitrogens with zero attached hydrogens (tertiary/aromatic N) is 1. The Kier molecular flexibility index (Phi) is 5.72. The Bertz CT molecular complexity index is 284. The minimum absolute atomic E-state index is 0.281. The third kappa shape index (κ3) is 4.39. The van der Waals surface area contributed by atoms with Crippen molar-refractivity contribution in [3.8, 4) is 0 Å². The van der Waals surface area contributed by atoms with E-state index in [2.05, 4.69) is 0 Å². The number of ether oxygens (including phenoxy) is 1. The van der Waals surface area contributed by atoms with Crippen molar-refractivity contribution in [3.63, 3.8) is 0 Å². The van der Waals surface area contributed by atoms with Gasteiger partial charge in [-0.3, -0.25) is 0 Å². The Hall–Kier alpha value is -0.130. The molecule has 0 bridgehead atoms. The molecule has 0 aromatic carbocycles. The number of sulfonamides is 1. The zero-order valence-electron chi connectivity index (χ0n) is 10.3. The van der Waals surface area contributed by atoms with Crippen molar-refractivity contribution in [1.82, 2.24) is 4.31 Å². The average Bonchev–Trinajstić information content (AvgIpc) is 2.28. The lowest BCUT2D eigenvalue weighted by Gasteiger charge is -2.26. The van der Waals surface area contributed by atoms with Crippen LogP contribution in [0.2, 0.25) is 0 Å². The Morgan fingerprint density at radius 1 is 1.31 bits per heavy atom. The molecular weight excluding hydrogens is 226 g/mol. The van der Waals surface area contributed by atoms with Gasteiger partial charge in [0.1, 0.15) is 0 Å². The maximum absolute atomic E-state index is 11.9.